The van der Waals surface area contributed by atoms with Gasteiger partial charge in [-0.25, -0.2) is 9.18 Å². The number of thioether (sulfide) groups is 1. The molecule has 0 bridgehead atoms. The minimum Gasteiger partial charge on any atom is -0.484 e. The average Bonchev–Trinajstić information content (AvgIpc) is 3.37. The SMILES string of the molecule is CCOC(=O)c1sc2cccc(F)c2c1CSc1nnc(COc2ccc(C)cc2)o1. The van der Waals surface area contributed by atoms with Crippen molar-refractivity contribution in [1.82, 2.24) is 10.2 Å². The third-order valence-corrected chi connectivity index (χ3v) is 6.42. The summed E-state index contributed by atoms with van der Waals surface area (Å²) in [6.45, 7) is 4.12. The molecule has 4 rings (SSSR count). The van der Waals surface area contributed by atoms with Crippen molar-refractivity contribution >= 4 is 39.2 Å². The van der Waals surface area contributed by atoms with E-state index in [4.69, 9.17) is 13.9 Å². The number of esters is 1. The van der Waals surface area contributed by atoms with Gasteiger partial charge in [0.1, 0.15) is 16.4 Å². The van der Waals surface area contributed by atoms with Gasteiger partial charge in [0.15, 0.2) is 6.61 Å². The topological polar surface area (TPSA) is 74.5 Å². The van der Waals surface area contributed by atoms with E-state index in [1.807, 2.05) is 31.2 Å². The average molecular weight is 459 g/mol. The Labute approximate surface area is 186 Å². The van der Waals surface area contributed by atoms with Crippen molar-refractivity contribution in [1.29, 1.82) is 0 Å². The fourth-order valence-electron chi connectivity index (χ4n) is 2.93. The maximum Gasteiger partial charge on any atom is 0.348 e. The highest BCUT2D eigenvalue weighted by Gasteiger charge is 2.22. The molecule has 0 saturated heterocycles. The molecule has 2 heterocycles. The molecule has 0 radical (unpaired) electrons. The summed E-state index contributed by atoms with van der Waals surface area (Å²) in [5, 5.41) is 8.74. The molecule has 31 heavy (non-hydrogen) atoms. The molecule has 9 heteroatoms. The fraction of sp³-hybridized carbons (Fsp3) is 0.227. The Balaban J connectivity index is 1.48. The molecule has 0 unspecified atom stereocenters. The molecule has 0 N–H and O–H groups in total. The molecule has 0 aliphatic rings. The van der Waals surface area contributed by atoms with E-state index in [2.05, 4.69) is 10.2 Å². The minimum atomic E-state index is -0.462. The van der Waals surface area contributed by atoms with Crippen LogP contribution in [0.25, 0.3) is 10.1 Å². The monoisotopic (exact) mass is 458 g/mol. The van der Waals surface area contributed by atoms with Crippen LogP contribution in [0.4, 0.5) is 4.39 Å². The molecular formula is C22H19FN2O4S2. The molecule has 0 spiro atoms. The van der Waals surface area contributed by atoms with E-state index in [1.54, 1.807) is 19.1 Å². The number of thiophene rings is 1. The van der Waals surface area contributed by atoms with Crippen LogP contribution < -0.4 is 4.74 Å². The third-order valence-electron chi connectivity index (χ3n) is 4.40. The van der Waals surface area contributed by atoms with Gasteiger partial charge >= 0.3 is 5.97 Å². The van der Waals surface area contributed by atoms with Crippen molar-refractivity contribution in [2.75, 3.05) is 6.61 Å². The van der Waals surface area contributed by atoms with Crippen molar-refractivity contribution in [3.05, 3.63) is 70.2 Å². The van der Waals surface area contributed by atoms with Crippen molar-refractivity contribution in [3.63, 3.8) is 0 Å². The molecule has 0 amide bonds. The van der Waals surface area contributed by atoms with Crippen LogP contribution in [0, 0.1) is 12.7 Å². The maximum absolute atomic E-state index is 14.5. The molecule has 0 fully saturated rings. The number of carbonyl (C=O) groups excluding carboxylic acids is 1. The number of ether oxygens (including phenoxy) is 2. The summed E-state index contributed by atoms with van der Waals surface area (Å²) < 4.78 is 31.6. The van der Waals surface area contributed by atoms with Crippen LogP contribution >= 0.6 is 23.1 Å². The lowest BCUT2D eigenvalue weighted by Crippen LogP contribution is -2.05. The molecule has 0 aliphatic carbocycles. The Bertz CT molecular complexity index is 1200. The predicted molar refractivity (Wildman–Crippen MR) is 117 cm³/mol. The number of nitrogens with zero attached hydrogens (tertiary/aromatic N) is 2. The highest BCUT2D eigenvalue weighted by molar-refractivity contribution is 7.98. The van der Waals surface area contributed by atoms with E-state index >= 15 is 0 Å². The van der Waals surface area contributed by atoms with Crippen LogP contribution in [0.5, 0.6) is 5.75 Å². The third kappa shape index (κ3) is 4.88. The minimum absolute atomic E-state index is 0.140. The van der Waals surface area contributed by atoms with Crippen molar-refractivity contribution in [2.24, 2.45) is 0 Å². The van der Waals surface area contributed by atoms with E-state index < -0.39 is 5.97 Å². The van der Waals surface area contributed by atoms with Crippen LogP contribution in [0.1, 0.15) is 33.6 Å². The lowest BCUT2D eigenvalue weighted by Gasteiger charge is -2.04. The van der Waals surface area contributed by atoms with Crippen molar-refractivity contribution < 1.29 is 23.1 Å². The number of rotatable bonds is 8. The van der Waals surface area contributed by atoms with Gasteiger partial charge < -0.3 is 13.9 Å². The van der Waals surface area contributed by atoms with E-state index in [-0.39, 0.29) is 24.8 Å². The summed E-state index contributed by atoms with van der Waals surface area (Å²) in [5.74, 6) is 0.483. The maximum atomic E-state index is 14.5. The number of hydrogen-bond acceptors (Lipinski definition) is 8. The van der Waals surface area contributed by atoms with Crippen LogP contribution in [-0.4, -0.2) is 22.8 Å². The summed E-state index contributed by atoms with van der Waals surface area (Å²) in [5.41, 5.74) is 1.71. The Kier molecular flexibility index (Phi) is 6.53. The number of benzene rings is 2. The first-order valence-electron chi connectivity index (χ1n) is 9.56. The van der Waals surface area contributed by atoms with Gasteiger partial charge in [-0.1, -0.05) is 35.5 Å². The van der Waals surface area contributed by atoms with Gasteiger partial charge in [-0.15, -0.1) is 21.5 Å². The molecule has 0 aliphatic heterocycles. The second-order valence-corrected chi connectivity index (χ2v) is 8.57. The van der Waals surface area contributed by atoms with Crippen LogP contribution in [-0.2, 0) is 17.1 Å². The second kappa shape index (κ2) is 9.49. The normalized spacial score (nSPS) is 11.1. The van der Waals surface area contributed by atoms with E-state index in [0.29, 0.717) is 37.4 Å². The quantitative estimate of drug-likeness (QED) is 0.245. The Hall–Kier alpha value is -2.91. The molecule has 0 saturated carbocycles. The lowest BCUT2D eigenvalue weighted by atomic mass is 10.1. The molecule has 2 aromatic heterocycles. The van der Waals surface area contributed by atoms with E-state index in [1.165, 1.54) is 29.2 Å². The fourth-order valence-corrected chi connectivity index (χ4v) is 4.97. The first-order valence-corrected chi connectivity index (χ1v) is 11.4. The molecule has 160 valence electrons. The predicted octanol–water partition coefficient (Wildman–Crippen LogP) is 5.78. The van der Waals surface area contributed by atoms with Gasteiger partial charge in [0.25, 0.3) is 11.1 Å². The Morgan fingerprint density at radius 1 is 1.19 bits per heavy atom. The summed E-state index contributed by atoms with van der Waals surface area (Å²) >= 11 is 2.45. The number of aromatic nitrogens is 2. The highest BCUT2D eigenvalue weighted by Crippen LogP contribution is 2.37. The van der Waals surface area contributed by atoms with E-state index in [9.17, 15) is 9.18 Å². The first kappa shape index (κ1) is 21.3. The molecule has 0 atom stereocenters. The van der Waals surface area contributed by atoms with Gasteiger partial charge in [0.05, 0.1) is 6.61 Å². The number of fused-ring (bicyclic) bond motifs is 1. The van der Waals surface area contributed by atoms with Gasteiger partial charge in [-0.3, -0.25) is 0 Å². The highest BCUT2D eigenvalue weighted by atomic mass is 32.2. The zero-order valence-corrected chi connectivity index (χ0v) is 18.5. The summed E-state index contributed by atoms with van der Waals surface area (Å²) in [6.07, 6.45) is 0. The van der Waals surface area contributed by atoms with Gasteiger partial charge in [0, 0.05) is 15.8 Å². The smallest absolute Gasteiger partial charge is 0.348 e. The van der Waals surface area contributed by atoms with Crippen LogP contribution in [0.2, 0.25) is 0 Å². The van der Waals surface area contributed by atoms with Crippen LogP contribution in [0.3, 0.4) is 0 Å². The Morgan fingerprint density at radius 2 is 2.00 bits per heavy atom. The van der Waals surface area contributed by atoms with Gasteiger partial charge in [-0.05, 0) is 43.7 Å². The zero-order chi connectivity index (χ0) is 21.8. The summed E-state index contributed by atoms with van der Waals surface area (Å²) in [4.78, 5) is 12.8. The Morgan fingerprint density at radius 3 is 2.77 bits per heavy atom. The number of halogens is 1. The second-order valence-electron chi connectivity index (χ2n) is 6.60. The molecular weight excluding hydrogens is 439 g/mol. The van der Waals surface area contributed by atoms with Crippen molar-refractivity contribution in [3.8, 4) is 5.75 Å². The molecule has 2 aromatic carbocycles. The molecule has 6 nitrogen and oxygen atoms in total. The molecule has 4 aromatic rings. The van der Waals surface area contributed by atoms with E-state index in [0.717, 1.165) is 5.56 Å². The van der Waals surface area contributed by atoms with Gasteiger partial charge in [0.2, 0.25) is 0 Å². The van der Waals surface area contributed by atoms with Crippen LogP contribution in [0.15, 0.2) is 52.1 Å². The largest absolute Gasteiger partial charge is 0.484 e. The number of hydrogen-bond donors (Lipinski definition) is 0. The van der Waals surface area contributed by atoms with Crippen molar-refractivity contribution in [2.45, 2.75) is 31.4 Å². The zero-order valence-electron chi connectivity index (χ0n) is 16.9. The number of carbonyl (C=O) groups is 1. The number of aryl methyl sites for hydroxylation is 1. The standard InChI is InChI=1S/C22H19FN2O4S2/c1-3-27-21(26)20-15(19-16(23)5-4-6-17(19)31-20)12-30-22-25-24-18(29-22)11-28-14-9-7-13(2)8-10-14/h4-10H,3,11-12H2,1-2H3. The van der Waals surface area contributed by atoms with Gasteiger partial charge in [-0.2, -0.15) is 0 Å². The summed E-state index contributed by atoms with van der Waals surface area (Å²) in [7, 11) is 0. The lowest BCUT2D eigenvalue weighted by molar-refractivity contribution is 0.0531. The summed E-state index contributed by atoms with van der Waals surface area (Å²) in [6, 6.07) is 12.4. The first-order chi connectivity index (χ1) is 15.0.